The van der Waals surface area contributed by atoms with Crippen LogP contribution in [-0.4, -0.2) is 73.2 Å². The summed E-state index contributed by atoms with van der Waals surface area (Å²) in [5, 5.41) is 85.7. The molecule has 0 saturated heterocycles. The molecule has 4 N–H and O–H groups in total. The van der Waals surface area contributed by atoms with Gasteiger partial charge in [0.25, 0.3) is 11.4 Å². The summed E-state index contributed by atoms with van der Waals surface area (Å²) in [6.07, 6.45) is 3.32. The van der Waals surface area contributed by atoms with Gasteiger partial charge in [-0.1, -0.05) is 111 Å². The molecule has 2 aromatic heterocycles. The van der Waals surface area contributed by atoms with Crippen LogP contribution in [0.15, 0.2) is 178 Å². The van der Waals surface area contributed by atoms with Crippen molar-refractivity contribution in [3.05, 3.63) is 211 Å². The molecule has 0 aliphatic carbocycles. The number of non-ortho nitro benzene ring substituents is 2. The van der Waals surface area contributed by atoms with Gasteiger partial charge in [-0.25, -0.2) is 9.36 Å². The quantitative estimate of drug-likeness (QED) is 0.0365. The van der Waals surface area contributed by atoms with Crippen molar-refractivity contribution in [3.63, 3.8) is 0 Å². The molecular formula is C59H61CoN12O8+. The number of phenolic OH excluding ortho intramolecular Hbond substituents is 2. The fourth-order valence-electron chi connectivity index (χ4n) is 9.77. The number of hydrogen-bond donors (Lipinski definition) is 4. The molecule has 21 heteroatoms. The Morgan fingerprint density at radius 2 is 1.02 bits per heavy atom. The number of allylic oxidation sites excluding steroid dienone is 2. The van der Waals surface area contributed by atoms with Crippen LogP contribution >= 0.6 is 0 Å². The van der Waals surface area contributed by atoms with Gasteiger partial charge in [-0.2, -0.15) is 14.8 Å². The molecule has 0 bridgehead atoms. The van der Waals surface area contributed by atoms with Gasteiger partial charge >= 0.3 is 0 Å². The number of phenols is 2. The number of para-hydroxylation sites is 2. The molecule has 0 fully saturated rings. The van der Waals surface area contributed by atoms with Gasteiger partial charge in [-0.3, -0.25) is 20.2 Å². The van der Waals surface area contributed by atoms with Gasteiger partial charge in [0.2, 0.25) is 17.4 Å². The van der Waals surface area contributed by atoms with Gasteiger partial charge < -0.3 is 25.3 Å². The Labute approximate surface area is 472 Å². The Morgan fingerprint density at radius 3 is 1.48 bits per heavy atom. The maximum absolute atomic E-state index is 10.9. The van der Waals surface area contributed by atoms with E-state index in [1.165, 1.54) is 55.4 Å². The Hall–Kier alpha value is -9.34. The molecule has 2 aliphatic heterocycles. The third kappa shape index (κ3) is 12.2. The molecule has 10 rings (SSSR count). The number of anilines is 1. The maximum atomic E-state index is 10.9. The predicted molar refractivity (Wildman–Crippen MR) is 302 cm³/mol. The summed E-state index contributed by atoms with van der Waals surface area (Å²) in [6.45, 7) is 15.9. The molecule has 1 radical (unpaired) electrons. The maximum Gasteiger partial charge on any atom is 0.271 e. The average Bonchev–Trinajstić information content (AvgIpc) is 4.22. The Bertz CT molecular complexity index is 3540. The van der Waals surface area contributed by atoms with Gasteiger partial charge in [0, 0.05) is 109 Å². The summed E-state index contributed by atoms with van der Waals surface area (Å²) in [6, 6.07) is 43.6. The molecule has 8 aromatic rings. The number of nitrogens with zero attached hydrogens (tertiary/aromatic N) is 12. The van der Waals surface area contributed by atoms with Gasteiger partial charge in [0.15, 0.2) is 17.1 Å². The number of benzene rings is 6. The first-order chi connectivity index (χ1) is 37.7. The van der Waals surface area contributed by atoms with E-state index < -0.39 is 9.85 Å². The minimum atomic E-state index is -0.596. The Balaban J connectivity index is 0.000000172. The van der Waals surface area contributed by atoms with Gasteiger partial charge in [-0.05, 0) is 62.6 Å². The summed E-state index contributed by atoms with van der Waals surface area (Å²) < 4.78 is 5.02. The normalized spacial score (nSPS) is 14.3. The van der Waals surface area contributed by atoms with Gasteiger partial charge in [0.05, 0.1) is 26.6 Å². The number of rotatable bonds is 13. The summed E-state index contributed by atoms with van der Waals surface area (Å²) >= 11 is 0. The zero-order valence-corrected chi connectivity index (χ0v) is 46.4. The first kappa shape index (κ1) is 58.3. The second kappa shape index (κ2) is 24.5. The van der Waals surface area contributed by atoms with Crippen molar-refractivity contribution in [2.45, 2.75) is 65.2 Å². The van der Waals surface area contributed by atoms with Crippen LogP contribution < -0.4 is 4.90 Å². The smallest absolute Gasteiger partial charge is 0.271 e. The van der Waals surface area contributed by atoms with E-state index in [0.29, 0.717) is 24.2 Å². The number of aromatic hydroxyl groups is 4. The first-order valence-electron chi connectivity index (χ1n) is 25.4. The minimum absolute atomic E-state index is 0. The molecule has 413 valence electrons. The molecule has 6 aromatic carbocycles. The SMILES string of the molecule is CCN1C(=CC2=[N+](CC)c3ccccc3C2(C)C)C(C)(C)c2ccccc21.Cn1nc(Cc2ccccc2)c(N=Nc2cc([N+](=O)[O-])ccc2O)c1O.Cn1nc(Cc2ccccc2)c(N=Nc2cc([N+](=O)[O-])ccc2O)c1O.[Co]. The van der Waals surface area contributed by atoms with E-state index in [1.54, 1.807) is 14.1 Å². The average molecular weight is 1130 g/mol. The van der Waals surface area contributed by atoms with Crippen LogP contribution in [0.1, 0.15) is 75.2 Å². The largest absolute Gasteiger partial charge is 0.506 e. The van der Waals surface area contributed by atoms with E-state index in [0.717, 1.165) is 48.5 Å². The second-order valence-electron chi connectivity index (χ2n) is 19.8. The molecule has 2 aliphatic rings. The Morgan fingerprint density at radius 1 is 0.588 bits per heavy atom. The predicted octanol–water partition coefficient (Wildman–Crippen LogP) is 13.3. The zero-order valence-electron chi connectivity index (χ0n) is 45.4. The summed E-state index contributed by atoms with van der Waals surface area (Å²) in [4.78, 5) is 23.0. The number of nitro groups is 2. The van der Waals surface area contributed by atoms with Crippen LogP contribution in [0, 0.1) is 20.2 Å². The van der Waals surface area contributed by atoms with E-state index in [1.807, 2.05) is 60.7 Å². The number of nitro benzene ring substituents is 2. The molecule has 0 spiro atoms. The van der Waals surface area contributed by atoms with E-state index in [4.69, 9.17) is 0 Å². The molecule has 0 amide bonds. The summed E-state index contributed by atoms with van der Waals surface area (Å²) in [7, 11) is 3.13. The number of hydrogen-bond acceptors (Lipinski definition) is 15. The standard InChI is InChI=1S/C25H31N2.2C17H15N5O4.Co/c1-7-26-20-15-11-9-13-18(20)24(3,4)22(26)17-23-25(5,6)19-14-10-12-16-21(19)27(23)8-2;2*1-21-17(24)16(14(20-21)9-11-5-3-2-4-6-11)19-18-13-10-12(22(25)26)7-8-15(13)23;/h9-17H,7-8H2,1-6H3;2*2-8,10,23-24H,9H2,1H3;/q+1;;;. The van der Waals surface area contributed by atoms with Gasteiger partial charge in [-0.15, -0.1) is 20.5 Å². The third-order valence-corrected chi connectivity index (χ3v) is 13.9. The van der Waals surface area contributed by atoms with Crippen LogP contribution in [-0.2, 0) is 54.5 Å². The van der Waals surface area contributed by atoms with E-state index in [9.17, 15) is 40.7 Å². The topological polar surface area (TPSA) is 259 Å². The number of likely N-dealkylation sites (N-methyl/N-ethyl adjacent to an activating group) is 1. The number of aromatic nitrogens is 4. The summed E-state index contributed by atoms with van der Waals surface area (Å²) in [5.41, 5.74) is 11.0. The first-order valence-corrected chi connectivity index (χ1v) is 25.4. The molecular weight excluding hydrogens is 1060 g/mol. The number of azo groups is 2. The number of fused-ring (bicyclic) bond motifs is 2. The third-order valence-electron chi connectivity index (χ3n) is 13.9. The van der Waals surface area contributed by atoms with Crippen LogP contribution in [0.2, 0.25) is 0 Å². The summed E-state index contributed by atoms with van der Waals surface area (Å²) in [5.74, 6) is -0.895. The van der Waals surface area contributed by atoms with Crippen LogP contribution in [0.4, 0.5) is 45.5 Å². The van der Waals surface area contributed by atoms with E-state index in [-0.39, 0.29) is 85.0 Å². The van der Waals surface area contributed by atoms with Crippen molar-refractivity contribution in [2.75, 3.05) is 18.0 Å². The van der Waals surface area contributed by atoms with Gasteiger partial charge in [0.1, 0.15) is 29.4 Å². The fourth-order valence-corrected chi connectivity index (χ4v) is 9.77. The fraction of sp³-hybridized carbons (Fsp3) is 0.237. The number of aryl methyl sites for hydroxylation is 2. The van der Waals surface area contributed by atoms with E-state index >= 15 is 0 Å². The Kier molecular flexibility index (Phi) is 17.9. The second-order valence-corrected chi connectivity index (χ2v) is 19.8. The zero-order chi connectivity index (χ0) is 56.8. The van der Waals surface area contributed by atoms with Crippen molar-refractivity contribution in [2.24, 2.45) is 34.6 Å². The van der Waals surface area contributed by atoms with Crippen LogP contribution in [0.25, 0.3) is 0 Å². The van der Waals surface area contributed by atoms with Crippen molar-refractivity contribution in [1.29, 1.82) is 0 Å². The minimum Gasteiger partial charge on any atom is -0.506 e. The molecule has 0 atom stereocenters. The van der Waals surface area contributed by atoms with Crippen LogP contribution in [0.3, 0.4) is 0 Å². The van der Waals surface area contributed by atoms with Crippen LogP contribution in [0.5, 0.6) is 23.3 Å². The molecule has 0 saturated carbocycles. The van der Waals surface area contributed by atoms with Crippen molar-refractivity contribution in [3.8, 4) is 23.3 Å². The molecule has 80 heavy (non-hydrogen) atoms. The molecule has 0 unspecified atom stereocenters. The van der Waals surface area contributed by atoms with Crippen molar-refractivity contribution in [1.82, 2.24) is 19.6 Å². The molecule has 4 heterocycles. The van der Waals surface area contributed by atoms with E-state index in [2.05, 4.69) is 136 Å². The monoisotopic (exact) mass is 1120 g/mol. The van der Waals surface area contributed by atoms with Crippen molar-refractivity contribution < 1.29 is 51.6 Å². The molecule has 20 nitrogen and oxygen atoms in total. The van der Waals surface area contributed by atoms with Crippen molar-refractivity contribution >= 4 is 51.2 Å².